The van der Waals surface area contributed by atoms with E-state index in [2.05, 4.69) is 36.4 Å². The van der Waals surface area contributed by atoms with Gasteiger partial charge in [-0.25, -0.2) is 10.4 Å². The number of rotatable bonds is 2. The summed E-state index contributed by atoms with van der Waals surface area (Å²) in [6, 6.07) is 3.82. The number of aromatic nitrogens is 2. The van der Waals surface area contributed by atoms with E-state index in [1.54, 1.807) is 0 Å². The molecule has 1 atom stereocenters. The summed E-state index contributed by atoms with van der Waals surface area (Å²) in [6.07, 6.45) is 5.25. The molecule has 0 bridgehead atoms. The number of alkyl halides is 1. The molecule has 2 aromatic rings. The summed E-state index contributed by atoms with van der Waals surface area (Å²) < 4.78 is 2.87. The second kappa shape index (κ2) is 5.34. The Labute approximate surface area is 127 Å². The number of nitrogens with zero attached hydrogens (tertiary/aromatic N) is 4. The zero-order chi connectivity index (χ0) is 14.1. The number of nitrogens with one attached hydrogen (secondary N) is 1. The largest absolute Gasteiger partial charge is 0.306 e. The van der Waals surface area contributed by atoms with Gasteiger partial charge in [-0.2, -0.15) is 5.10 Å². The van der Waals surface area contributed by atoms with E-state index in [0.717, 1.165) is 15.8 Å². The average molecular weight is 355 g/mol. The zero-order valence-corrected chi connectivity index (χ0v) is 12.5. The average Bonchev–Trinajstić information content (AvgIpc) is 2.82. The Morgan fingerprint density at radius 3 is 3.15 bits per heavy atom. The topological polar surface area (TPSA) is 71.1 Å². The third kappa shape index (κ3) is 2.59. The number of imidazole rings is 1. The Hall–Kier alpha value is -1.73. The molecule has 0 spiro atoms. The molecule has 1 unspecified atom stereocenters. The van der Waals surface area contributed by atoms with Crippen LogP contribution in [0.1, 0.15) is 5.69 Å². The third-order valence-electron chi connectivity index (χ3n) is 2.75. The lowest BCUT2D eigenvalue weighted by molar-refractivity contribution is -0.119. The van der Waals surface area contributed by atoms with Crippen LogP contribution in [0.15, 0.2) is 39.1 Å². The maximum absolute atomic E-state index is 11.3. The molecule has 1 aliphatic rings. The Morgan fingerprint density at radius 2 is 2.30 bits per heavy atom. The van der Waals surface area contributed by atoms with Crippen LogP contribution in [0.2, 0.25) is 0 Å². The molecule has 2 aromatic heterocycles. The van der Waals surface area contributed by atoms with E-state index in [1.807, 2.05) is 28.9 Å². The third-order valence-corrected chi connectivity index (χ3v) is 3.64. The smallest absolute Gasteiger partial charge is 0.264 e. The summed E-state index contributed by atoms with van der Waals surface area (Å²) in [7, 11) is 0. The number of hydrogen-bond donors (Lipinski definition) is 1. The molecule has 0 radical (unpaired) electrons. The Balaban J connectivity index is 1.84. The van der Waals surface area contributed by atoms with Crippen molar-refractivity contribution in [3.8, 4) is 0 Å². The van der Waals surface area contributed by atoms with Crippen molar-refractivity contribution in [3.63, 3.8) is 0 Å². The highest BCUT2D eigenvalue weighted by Crippen LogP contribution is 2.13. The van der Waals surface area contributed by atoms with E-state index >= 15 is 0 Å². The number of hydrazone groups is 1. The second-order valence-electron chi connectivity index (χ2n) is 4.18. The molecule has 1 aliphatic heterocycles. The van der Waals surface area contributed by atoms with Crippen molar-refractivity contribution in [1.29, 1.82) is 0 Å². The highest BCUT2D eigenvalue weighted by molar-refractivity contribution is 9.10. The standard InChI is InChI=1S/C12H9BrClN5O/c13-7-1-2-10-17-8(6-19(10)5-7)3-15-9-4-16-18-12(20)11(9)14/h1-2,4-6,11H,3H2,(H,18,20). The van der Waals surface area contributed by atoms with Crippen LogP contribution < -0.4 is 5.43 Å². The molecule has 6 nitrogen and oxygen atoms in total. The SMILES string of the molecule is O=C1NN=CC(=NCc2cn3cc(Br)ccc3n2)C1Cl. The summed E-state index contributed by atoms with van der Waals surface area (Å²) in [4.78, 5) is 20.1. The van der Waals surface area contributed by atoms with Crippen molar-refractivity contribution >= 4 is 51.0 Å². The molecule has 3 rings (SSSR count). The fourth-order valence-corrected chi connectivity index (χ4v) is 2.33. The van der Waals surface area contributed by atoms with Crippen molar-refractivity contribution in [2.24, 2.45) is 10.1 Å². The lowest BCUT2D eigenvalue weighted by Crippen LogP contribution is -2.39. The molecule has 0 saturated carbocycles. The van der Waals surface area contributed by atoms with Crippen LogP contribution in [-0.4, -0.2) is 32.6 Å². The molecule has 20 heavy (non-hydrogen) atoms. The molecular formula is C12H9BrClN5O. The Kier molecular flexibility index (Phi) is 3.54. The highest BCUT2D eigenvalue weighted by atomic mass is 79.9. The first kappa shape index (κ1) is 13.3. The molecule has 0 saturated heterocycles. The molecule has 102 valence electrons. The second-order valence-corrected chi connectivity index (χ2v) is 5.54. The van der Waals surface area contributed by atoms with Crippen LogP contribution in [0.5, 0.6) is 0 Å². The summed E-state index contributed by atoms with van der Waals surface area (Å²) >= 11 is 9.34. The van der Waals surface area contributed by atoms with Crippen LogP contribution in [0, 0.1) is 0 Å². The monoisotopic (exact) mass is 353 g/mol. The fourth-order valence-electron chi connectivity index (χ4n) is 1.81. The number of carbonyl (C=O) groups is 1. The number of fused-ring (bicyclic) bond motifs is 1. The van der Waals surface area contributed by atoms with Gasteiger partial charge in [0.15, 0.2) is 5.38 Å². The van der Waals surface area contributed by atoms with Gasteiger partial charge in [-0.1, -0.05) is 0 Å². The van der Waals surface area contributed by atoms with Gasteiger partial charge < -0.3 is 4.40 Å². The van der Waals surface area contributed by atoms with E-state index in [0.29, 0.717) is 12.3 Å². The summed E-state index contributed by atoms with van der Waals surface area (Å²) in [5, 5.41) is 2.88. The Morgan fingerprint density at radius 1 is 1.45 bits per heavy atom. The summed E-state index contributed by atoms with van der Waals surface area (Å²) in [5.41, 5.74) is 4.34. The number of pyridine rings is 1. The predicted octanol–water partition coefficient (Wildman–Crippen LogP) is 1.76. The lowest BCUT2D eigenvalue weighted by atomic mass is 10.2. The van der Waals surface area contributed by atoms with Crippen LogP contribution >= 0.6 is 27.5 Å². The van der Waals surface area contributed by atoms with Crippen molar-refractivity contribution < 1.29 is 4.79 Å². The molecule has 1 N–H and O–H groups in total. The molecule has 0 aliphatic carbocycles. The molecule has 3 heterocycles. The van der Waals surface area contributed by atoms with E-state index in [-0.39, 0.29) is 5.91 Å². The van der Waals surface area contributed by atoms with Gasteiger partial charge in [-0.3, -0.25) is 9.79 Å². The quantitative estimate of drug-likeness (QED) is 0.835. The first-order valence-electron chi connectivity index (χ1n) is 5.78. The molecule has 8 heteroatoms. The van der Waals surface area contributed by atoms with Gasteiger partial charge >= 0.3 is 0 Å². The minimum Gasteiger partial charge on any atom is -0.306 e. The number of halogens is 2. The van der Waals surface area contributed by atoms with Gasteiger partial charge in [0.2, 0.25) is 0 Å². The van der Waals surface area contributed by atoms with Gasteiger partial charge in [0, 0.05) is 16.9 Å². The van der Waals surface area contributed by atoms with E-state index in [9.17, 15) is 4.79 Å². The van der Waals surface area contributed by atoms with Crippen molar-refractivity contribution in [1.82, 2.24) is 14.8 Å². The van der Waals surface area contributed by atoms with Gasteiger partial charge in [0.25, 0.3) is 5.91 Å². The van der Waals surface area contributed by atoms with Crippen molar-refractivity contribution in [3.05, 3.63) is 34.7 Å². The lowest BCUT2D eigenvalue weighted by Gasteiger charge is -2.11. The van der Waals surface area contributed by atoms with E-state index in [1.165, 1.54) is 6.21 Å². The van der Waals surface area contributed by atoms with Crippen LogP contribution in [0.4, 0.5) is 0 Å². The predicted molar refractivity (Wildman–Crippen MR) is 80.3 cm³/mol. The number of amides is 1. The molecule has 0 aromatic carbocycles. The van der Waals surface area contributed by atoms with Gasteiger partial charge in [0.05, 0.1) is 24.2 Å². The number of aliphatic imine (C=N–C) groups is 1. The Bertz CT molecular complexity index is 739. The maximum atomic E-state index is 11.3. The first-order chi connectivity index (χ1) is 9.63. The van der Waals surface area contributed by atoms with Crippen molar-refractivity contribution in [2.75, 3.05) is 0 Å². The number of carbonyl (C=O) groups excluding carboxylic acids is 1. The van der Waals surface area contributed by atoms with Gasteiger partial charge in [0.1, 0.15) is 5.65 Å². The van der Waals surface area contributed by atoms with Crippen molar-refractivity contribution in [2.45, 2.75) is 11.9 Å². The summed E-state index contributed by atoms with van der Waals surface area (Å²) in [5.74, 6) is -0.369. The normalized spacial score (nSPS) is 20.6. The van der Waals surface area contributed by atoms with Gasteiger partial charge in [-0.05, 0) is 28.1 Å². The first-order valence-corrected chi connectivity index (χ1v) is 7.01. The van der Waals surface area contributed by atoms with Crippen LogP contribution in [0.3, 0.4) is 0 Å². The fraction of sp³-hybridized carbons (Fsp3) is 0.167. The molecular weight excluding hydrogens is 346 g/mol. The van der Waals surface area contributed by atoms with Crippen LogP contribution in [-0.2, 0) is 11.3 Å². The van der Waals surface area contributed by atoms with E-state index < -0.39 is 5.38 Å². The van der Waals surface area contributed by atoms with Crippen LogP contribution in [0.25, 0.3) is 5.65 Å². The minimum atomic E-state index is -0.807. The van der Waals surface area contributed by atoms with Gasteiger partial charge in [-0.15, -0.1) is 11.6 Å². The maximum Gasteiger partial charge on any atom is 0.264 e. The molecule has 1 amide bonds. The van der Waals surface area contributed by atoms with E-state index in [4.69, 9.17) is 11.6 Å². The minimum absolute atomic E-state index is 0.344. The zero-order valence-electron chi connectivity index (χ0n) is 10.1. The number of hydrogen-bond acceptors (Lipinski definition) is 4. The summed E-state index contributed by atoms with van der Waals surface area (Å²) in [6.45, 7) is 0.344. The molecule has 0 fully saturated rings. The highest BCUT2D eigenvalue weighted by Gasteiger charge is 2.23.